The summed E-state index contributed by atoms with van der Waals surface area (Å²) in [4.78, 5) is 20.8. The van der Waals surface area contributed by atoms with Crippen LogP contribution in [-0.2, 0) is 0 Å². The normalized spacial score (nSPS) is 10.7. The molecule has 0 saturated heterocycles. The molecule has 1 rings (SSSR count). The van der Waals surface area contributed by atoms with E-state index < -0.39 is 15.5 Å². The van der Waals surface area contributed by atoms with Crippen molar-refractivity contribution >= 4 is 50.6 Å². The molecule has 116 valence electrons. The second-order valence-electron chi connectivity index (χ2n) is 4.20. The number of halogens is 3. The van der Waals surface area contributed by atoms with Gasteiger partial charge in [0.1, 0.15) is 0 Å². The zero-order chi connectivity index (χ0) is 15.8. The van der Waals surface area contributed by atoms with Crippen LogP contribution in [0.4, 0.5) is 5.69 Å². The SMILES string of the molecule is O=C(c1ccc(OCCCCCBr)c([N+](=O)[O-])c1)C(Cl)Cl. The molecule has 0 amide bonds. The van der Waals surface area contributed by atoms with Gasteiger partial charge < -0.3 is 4.74 Å². The number of Topliss-reactive ketones (excluding diaryl/α,β-unsaturated/α-hetero) is 1. The van der Waals surface area contributed by atoms with Gasteiger partial charge in [-0.25, -0.2) is 0 Å². The molecule has 0 aromatic heterocycles. The highest BCUT2D eigenvalue weighted by molar-refractivity contribution is 9.09. The first-order chi connectivity index (χ1) is 9.97. The molecular weight excluding hydrogens is 385 g/mol. The minimum atomic E-state index is -1.25. The van der Waals surface area contributed by atoms with E-state index in [4.69, 9.17) is 27.9 Å². The van der Waals surface area contributed by atoms with Gasteiger partial charge in [-0.15, -0.1) is 0 Å². The third-order valence-corrected chi connectivity index (χ3v) is 3.63. The molecule has 21 heavy (non-hydrogen) atoms. The maximum Gasteiger partial charge on any atom is 0.311 e. The summed E-state index contributed by atoms with van der Waals surface area (Å²) in [6.45, 7) is 0.384. The average molecular weight is 399 g/mol. The van der Waals surface area contributed by atoms with Crippen molar-refractivity contribution < 1.29 is 14.5 Å². The standard InChI is InChI=1S/C13H14BrCl2NO4/c14-6-2-1-3-7-21-11-5-4-9(12(18)13(15)16)8-10(11)17(19)20/h4-5,8,13H,1-3,6-7H2. The number of nitrogens with zero attached hydrogens (tertiary/aromatic N) is 1. The summed E-state index contributed by atoms with van der Waals surface area (Å²) < 4.78 is 5.41. The van der Waals surface area contributed by atoms with Crippen molar-refractivity contribution in [3.63, 3.8) is 0 Å². The molecule has 0 unspecified atom stereocenters. The van der Waals surface area contributed by atoms with E-state index in [1.54, 1.807) is 0 Å². The van der Waals surface area contributed by atoms with Crippen LogP contribution in [0.2, 0.25) is 0 Å². The summed E-state index contributed by atoms with van der Waals surface area (Å²) in [6.07, 6.45) is 2.79. The first kappa shape index (κ1) is 18.2. The van der Waals surface area contributed by atoms with Gasteiger partial charge in [0.05, 0.1) is 11.5 Å². The van der Waals surface area contributed by atoms with Crippen molar-refractivity contribution in [3.8, 4) is 5.75 Å². The highest BCUT2D eigenvalue weighted by Gasteiger charge is 2.21. The number of carbonyl (C=O) groups is 1. The fourth-order valence-electron chi connectivity index (χ4n) is 1.62. The van der Waals surface area contributed by atoms with Crippen molar-refractivity contribution in [3.05, 3.63) is 33.9 Å². The second kappa shape index (κ2) is 9.23. The maximum atomic E-state index is 11.6. The molecule has 5 nitrogen and oxygen atoms in total. The number of hydrogen-bond acceptors (Lipinski definition) is 4. The quantitative estimate of drug-likeness (QED) is 0.201. The maximum absolute atomic E-state index is 11.6. The lowest BCUT2D eigenvalue weighted by atomic mass is 10.1. The van der Waals surface area contributed by atoms with E-state index in [-0.39, 0.29) is 17.0 Å². The van der Waals surface area contributed by atoms with Crippen LogP contribution in [0.25, 0.3) is 0 Å². The minimum Gasteiger partial charge on any atom is -0.487 e. The summed E-state index contributed by atoms with van der Waals surface area (Å²) in [5.74, 6) is -0.443. The Labute approximate surface area is 140 Å². The van der Waals surface area contributed by atoms with Crippen molar-refractivity contribution in [2.24, 2.45) is 0 Å². The van der Waals surface area contributed by atoms with Gasteiger partial charge in [0, 0.05) is 17.0 Å². The third-order valence-electron chi connectivity index (χ3n) is 2.67. The fraction of sp³-hybridized carbons (Fsp3) is 0.462. The van der Waals surface area contributed by atoms with Gasteiger partial charge in [-0.3, -0.25) is 14.9 Å². The lowest BCUT2D eigenvalue weighted by molar-refractivity contribution is -0.385. The number of nitro groups is 1. The van der Waals surface area contributed by atoms with Gasteiger partial charge in [-0.05, 0) is 31.4 Å². The molecule has 0 fully saturated rings. The van der Waals surface area contributed by atoms with Crippen LogP contribution >= 0.6 is 39.1 Å². The zero-order valence-electron chi connectivity index (χ0n) is 11.1. The van der Waals surface area contributed by atoms with Crippen molar-refractivity contribution in [1.82, 2.24) is 0 Å². The van der Waals surface area contributed by atoms with Crippen LogP contribution in [0.3, 0.4) is 0 Å². The van der Waals surface area contributed by atoms with E-state index in [0.29, 0.717) is 6.61 Å². The summed E-state index contributed by atoms with van der Waals surface area (Å²) in [5, 5.41) is 12.0. The molecule has 0 aliphatic heterocycles. The fourth-order valence-corrected chi connectivity index (χ4v) is 2.27. The first-order valence-corrected chi connectivity index (χ1v) is 8.26. The minimum absolute atomic E-state index is 0.0864. The van der Waals surface area contributed by atoms with Gasteiger partial charge in [0.15, 0.2) is 16.4 Å². The molecule has 0 N–H and O–H groups in total. The molecule has 0 spiro atoms. The lowest BCUT2D eigenvalue weighted by Gasteiger charge is -2.08. The molecule has 0 atom stereocenters. The zero-order valence-corrected chi connectivity index (χ0v) is 14.2. The number of carbonyl (C=O) groups excluding carboxylic acids is 1. The van der Waals surface area contributed by atoms with Gasteiger partial charge in [0.2, 0.25) is 0 Å². The molecule has 0 radical (unpaired) electrons. The van der Waals surface area contributed by atoms with E-state index in [9.17, 15) is 14.9 Å². The van der Waals surface area contributed by atoms with Crippen molar-refractivity contribution in [2.45, 2.75) is 24.1 Å². The first-order valence-electron chi connectivity index (χ1n) is 6.27. The topological polar surface area (TPSA) is 69.4 Å². The molecule has 1 aromatic carbocycles. The number of hydrogen-bond donors (Lipinski definition) is 0. The smallest absolute Gasteiger partial charge is 0.311 e. The lowest BCUT2D eigenvalue weighted by Crippen LogP contribution is -2.09. The molecule has 0 bridgehead atoms. The van der Waals surface area contributed by atoms with E-state index in [2.05, 4.69) is 15.9 Å². The largest absolute Gasteiger partial charge is 0.487 e. The predicted octanol–water partition coefficient (Wildman–Crippen LogP) is 4.53. The molecule has 0 aliphatic carbocycles. The van der Waals surface area contributed by atoms with Crippen LogP contribution in [-0.4, -0.2) is 27.5 Å². The number of unbranched alkanes of at least 4 members (excludes halogenated alkanes) is 2. The molecule has 8 heteroatoms. The van der Waals surface area contributed by atoms with Crippen molar-refractivity contribution in [1.29, 1.82) is 0 Å². The Morgan fingerprint density at radius 2 is 2.05 bits per heavy atom. The van der Waals surface area contributed by atoms with E-state index in [0.717, 1.165) is 30.7 Å². The number of alkyl halides is 3. The Morgan fingerprint density at radius 1 is 1.33 bits per heavy atom. The monoisotopic (exact) mass is 397 g/mol. The highest BCUT2D eigenvalue weighted by Crippen LogP contribution is 2.29. The Balaban J connectivity index is 2.80. The van der Waals surface area contributed by atoms with Crippen LogP contribution in [0, 0.1) is 10.1 Å². The van der Waals surface area contributed by atoms with E-state index in [1.807, 2.05) is 0 Å². The summed E-state index contributed by atoms with van der Waals surface area (Å²) in [5.41, 5.74) is -0.182. The number of nitro benzene ring substituents is 1. The molecule has 0 aliphatic rings. The molecule has 0 saturated carbocycles. The van der Waals surface area contributed by atoms with Gasteiger partial charge in [0.25, 0.3) is 0 Å². The predicted molar refractivity (Wildman–Crippen MR) is 86.1 cm³/mol. The van der Waals surface area contributed by atoms with E-state index >= 15 is 0 Å². The Morgan fingerprint density at radius 3 is 2.62 bits per heavy atom. The Kier molecular flexibility index (Phi) is 8.00. The number of ether oxygens (including phenoxy) is 1. The van der Waals surface area contributed by atoms with Gasteiger partial charge in [-0.2, -0.15) is 0 Å². The van der Waals surface area contributed by atoms with Gasteiger partial charge >= 0.3 is 5.69 Å². The number of rotatable bonds is 9. The third kappa shape index (κ3) is 5.80. The summed E-state index contributed by atoms with van der Waals surface area (Å²) in [7, 11) is 0. The molecule has 0 heterocycles. The van der Waals surface area contributed by atoms with Crippen molar-refractivity contribution in [2.75, 3.05) is 11.9 Å². The Hall–Kier alpha value is -0.850. The highest BCUT2D eigenvalue weighted by atomic mass is 79.9. The number of ketones is 1. The average Bonchev–Trinajstić information content (AvgIpc) is 2.46. The summed E-state index contributed by atoms with van der Waals surface area (Å²) in [6, 6.07) is 3.95. The Bertz CT molecular complexity index is 511. The molecule has 1 aromatic rings. The second-order valence-corrected chi connectivity index (χ2v) is 6.09. The van der Waals surface area contributed by atoms with Gasteiger partial charge in [-0.1, -0.05) is 39.1 Å². The summed E-state index contributed by atoms with van der Waals surface area (Å²) >= 11 is 14.3. The van der Waals surface area contributed by atoms with Crippen LogP contribution in [0.15, 0.2) is 18.2 Å². The van der Waals surface area contributed by atoms with Crippen LogP contribution < -0.4 is 4.74 Å². The number of benzene rings is 1. The van der Waals surface area contributed by atoms with Crippen LogP contribution in [0.1, 0.15) is 29.6 Å². The molecular formula is C13H14BrCl2NO4. The van der Waals surface area contributed by atoms with E-state index in [1.165, 1.54) is 12.1 Å². The van der Waals surface area contributed by atoms with Crippen LogP contribution in [0.5, 0.6) is 5.75 Å².